The van der Waals surface area contributed by atoms with Crippen LogP contribution < -0.4 is 10.1 Å². The van der Waals surface area contributed by atoms with Gasteiger partial charge >= 0.3 is 5.97 Å². The Morgan fingerprint density at radius 2 is 1.40 bits per heavy atom. The molecule has 5 rings (SSSR count). The second-order valence-electron chi connectivity index (χ2n) is 11.0. The van der Waals surface area contributed by atoms with E-state index < -0.39 is 56.8 Å². The molecule has 9 nitrogen and oxygen atoms in total. The van der Waals surface area contributed by atoms with Gasteiger partial charge in [-0.3, -0.25) is 9.59 Å². The molecule has 2 amide bonds. The van der Waals surface area contributed by atoms with Gasteiger partial charge in [0.2, 0.25) is 14.8 Å². The summed E-state index contributed by atoms with van der Waals surface area (Å²) in [7, 11) is -3.58. The van der Waals surface area contributed by atoms with Crippen LogP contribution >= 0.6 is 10.8 Å². The van der Waals surface area contributed by atoms with Crippen LogP contribution in [0.4, 0.5) is 0 Å². The topological polar surface area (TPSA) is 119 Å². The molecule has 1 unspecified atom stereocenters. The van der Waals surface area contributed by atoms with Gasteiger partial charge in [-0.2, -0.15) is 0 Å². The number of esters is 1. The zero-order valence-electron chi connectivity index (χ0n) is 25.8. The first-order valence-corrected chi connectivity index (χ1v) is 17.7. The van der Waals surface area contributed by atoms with E-state index >= 15 is 0 Å². The molecular formula is C36H34N2O7S2. The number of carbonyl (C=O) groups excluding carboxylic acids is 3. The molecular weight excluding hydrogens is 637 g/mol. The normalized spacial score (nSPS) is 16.6. The maximum Gasteiger partial charge on any atom is 0.334 e. The van der Waals surface area contributed by atoms with Gasteiger partial charge in [0.25, 0.3) is 5.91 Å². The fraction of sp³-hybridized carbons (Fsp3) is 0.194. The number of carbonyl (C=O) groups is 3. The van der Waals surface area contributed by atoms with E-state index in [9.17, 15) is 22.8 Å². The number of hydrogen-bond acceptors (Lipinski definition) is 8. The molecule has 1 heterocycles. The van der Waals surface area contributed by atoms with E-state index in [1.165, 1.54) is 12.1 Å². The number of aryl methyl sites for hydroxylation is 1. The highest BCUT2D eigenvalue weighted by Gasteiger charge is 2.56. The van der Waals surface area contributed by atoms with Crippen molar-refractivity contribution >= 4 is 37.4 Å². The van der Waals surface area contributed by atoms with Crippen LogP contribution in [0.3, 0.4) is 0 Å². The lowest BCUT2D eigenvalue weighted by Gasteiger charge is -2.49. The van der Waals surface area contributed by atoms with Crippen molar-refractivity contribution in [3.63, 3.8) is 0 Å². The Morgan fingerprint density at radius 3 is 1.94 bits per heavy atom. The third-order valence-electron chi connectivity index (χ3n) is 7.45. The molecule has 0 aliphatic carbocycles. The van der Waals surface area contributed by atoms with Crippen molar-refractivity contribution in [2.24, 2.45) is 0 Å². The molecule has 4 aromatic carbocycles. The molecule has 0 aromatic heterocycles. The van der Waals surface area contributed by atoms with Crippen molar-refractivity contribution in [3.05, 3.63) is 144 Å². The molecule has 1 N–H and O–H groups in total. The Morgan fingerprint density at radius 1 is 0.872 bits per heavy atom. The van der Waals surface area contributed by atoms with Crippen LogP contribution in [0.25, 0.3) is 0 Å². The maximum atomic E-state index is 14.0. The number of benzene rings is 4. The molecule has 0 bridgehead atoms. The summed E-state index contributed by atoms with van der Waals surface area (Å²) in [4.78, 5) is 41.8. The van der Waals surface area contributed by atoms with Crippen LogP contribution in [0.5, 0.6) is 5.75 Å². The van der Waals surface area contributed by atoms with E-state index in [0.29, 0.717) is 27.7 Å². The summed E-state index contributed by atoms with van der Waals surface area (Å²) in [5.74, 6) is -1.63. The summed E-state index contributed by atoms with van der Waals surface area (Å²) in [6.45, 7) is 6.95. The summed E-state index contributed by atoms with van der Waals surface area (Å²) >= 11 is 0. The van der Waals surface area contributed by atoms with Crippen LogP contribution in [0.15, 0.2) is 132 Å². The summed E-state index contributed by atoms with van der Waals surface area (Å²) in [6.07, 6.45) is -0.809. The van der Waals surface area contributed by atoms with Crippen LogP contribution in [-0.4, -0.2) is 55.2 Å². The SMILES string of the molecule is C=C(C)[C@H](C(=O)OC(c1ccccc1)c1ccccc1)N1C(=O)C(NC(=O)COc2ccccc2)[C@H]1SS(=O)(=O)c1ccc(C)cc1. The Kier molecular flexibility index (Phi) is 10.5. The number of hydrogen-bond donors (Lipinski definition) is 1. The van der Waals surface area contributed by atoms with E-state index in [0.717, 1.165) is 10.5 Å². The van der Waals surface area contributed by atoms with Crippen LogP contribution in [0.2, 0.25) is 0 Å². The predicted molar refractivity (Wildman–Crippen MR) is 180 cm³/mol. The Labute approximate surface area is 277 Å². The van der Waals surface area contributed by atoms with E-state index in [1.807, 2.05) is 67.6 Å². The summed E-state index contributed by atoms with van der Waals surface area (Å²) in [5.41, 5.74) is 2.55. The maximum absolute atomic E-state index is 14.0. The van der Waals surface area contributed by atoms with Crippen LogP contribution in [0.1, 0.15) is 29.7 Å². The number of rotatable bonds is 13. The molecule has 1 aliphatic rings. The van der Waals surface area contributed by atoms with Gasteiger partial charge in [0.05, 0.1) is 4.90 Å². The van der Waals surface area contributed by atoms with Gasteiger partial charge in [-0.1, -0.05) is 103 Å². The first kappa shape index (κ1) is 33.5. The molecule has 47 heavy (non-hydrogen) atoms. The van der Waals surface area contributed by atoms with Crippen molar-refractivity contribution in [2.45, 2.75) is 42.3 Å². The van der Waals surface area contributed by atoms with Gasteiger partial charge < -0.3 is 19.7 Å². The Hall–Kier alpha value is -4.87. The molecule has 1 aliphatic heterocycles. The van der Waals surface area contributed by atoms with Gasteiger partial charge in [-0.05, 0) is 54.8 Å². The van der Waals surface area contributed by atoms with Crippen molar-refractivity contribution in [1.29, 1.82) is 0 Å². The van der Waals surface area contributed by atoms with Crippen molar-refractivity contribution in [1.82, 2.24) is 10.2 Å². The molecule has 1 saturated heterocycles. The highest BCUT2D eigenvalue weighted by molar-refractivity contribution is 8.72. The van der Waals surface area contributed by atoms with Crippen molar-refractivity contribution in [2.75, 3.05) is 6.61 Å². The molecule has 0 saturated carbocycles. The first-order chi connectivity index (χ1) is 22.5. The zero-order valence-corrected chi connectivity index (χ0v) is 27.4. The third kappa shape index (κ3) is 7.93. The predicted octanol–water partition coefficient (Wildman–Crippen LogP) is 5.43. The average molecular weight is 671 g/mol. The molecule has 4 aromatic rings. The highest BCUT2D eigenvalue weighted by Crippen LogP contribution is 2.40. The van der Waals surface area contributed by atoms with Crippen LogP contribution in [-0.2, 0) is 28.0 Å². The minimum atomic E-state index is -4.05. The summed E-state index contributed by atoms with van der Waals surface area (Å²) in [5, 5.41) is 1.42. The molecule has 0 spiro atoms. The second kappa shape index (κ2) is 14.7. The summed E-state index contributed by atoms with van der Waals surface area (Å²) in [6, 6.07) is 30.6. The number of likely N-dealkylation sites (tertiary alicyclic amines) is 1. The molecule has 0 radical (unpaired) electrons. The number of nitrogens with zero attached hydrogens (tertiary/aromatic N) is 1. The van der Waals surface area contributed by atoms with Gasteiger partial charge in [-0.25, -0.2) is 13.2 Å². The summed E-state index contributed by atoms with van der Waals surface area (Å²) < 4.78 is 38.8. The second-order valence-corrected chi connectivity index (χ2v) is 15.0. The molecule has 1 fully saturated rings. The molecule has 242 valence electrons. The Bertz CT molecular complexity index is 1800. The lowest BCUT2D eigenvalue weighted by Crippen LogP contribution is -2.73. The smallest absolute Gasteiger partial charge is 0.334 e. The van der Waals surface area contributed by atoms with Gasteiger partial charge in [0, 0.05) is 10.8 Å². The molecule has 3 atom stereocenters. The van der Waals surface area contributed by atoms with E-state index in [1.54, 1.807) is 49.4 Å². The van der Waals surface area contributed by atoms with Gasteiger partial charge in [0.15, 0.2) is 18.8 Å². The Balaban J connectivity index is 1.43. The average Bonchev–Trinajstić information content (AvgIpc) is 3.08. The quantitative estimate of drug-likeness (QED) is 0.0867. The highest BCUT2D eigenvalue weighted by atomic mass is 33.1. The first-order valence-electron chi connectivity index (χ1n) is 14.8. The van der Waals surface area contributed by atoms with E-state index in [4.69, 9.17) is 9.47 Å². The minimum absolute atomic E-state index is 0.0209. The standard InChI is InChI=1S/C36H34N2O7S2/c1-24(2)32(36(41)45-33(26-13-7-4-8-14-26)27-15-9-5-10-16-27)38-34(40)31(37-30(39)23-44-28-17-11-6-12-18-28)35(38)46-47(42,43)29-21-19-25(3)20-22-29/h4-22,31-33,35H,1,23H2,2-3H3,(H,37,39)/t31?,32-,35-/m1/s1. The number of nitrogens with one attached hydrogen (secondary N) is 1. The van der Waals surface area contributed by atoms with E-state index in [-0.39, 0.29) is 10.5 Å². The number of amides is 2. The van der Waals surface area contributed by atoms with Crippen molar-refractivity contribution in [3.8, 4) is 5.75 Å². The monoisotopic (exact) mass is 670 g/mol. The fourth-order valence-corrected chi connectivity index (χ4v) is 8.59. The van der Waals surface area contributed by atoms with Crippen LogP contribution in [0, 0.1) is 6.92 Å². The minimum Gasteiger partial charge on any atom is -0.484 e. The number of ether oxygens (including phenoxy) is 2. The molecule has 11 heteroatoms. The third-order valence-corrected chi connectivity index (χ3v) is 11.2. The lowest BCUT2D eigenvalue weighted by molar-refractivity contribution is -0.165. The van der Waals surface area contributed by atoms with Gasteiger partial charge in [-0.15, -0.1) is 0 Å². The largest absolute Gasteiger partial charge is 0.484 e. The fourth-order valence-electron chi connectivity index (χ4n) is 5.08. The lowest BCUT2D eigenvalue weighted by atomic mass is 9.98. The van der Waals surface area contributed by atoms with Gasteiger partial charge in [0.1, 0.15) is 17.2 Å². The number of para-hydroxylation sites is 1. The number of β-lactam (4-membered cyclic amide) rings is 1. The van der Waals surface area contributed by atoms with Crippen molar-refractivity contribution < 1.29 is 32.3 Å². The van der Waals surface area contributed by atoms with E-state index in [2.05, 4.69) is 11.9 Å². The zero-order chi connectivity index (χ0) is 33.6.